The molecule has 5 rings (SSSR count). The second kappa shape index (κ2) is 7.02. The zero-order valence-electron chi connectivity index (χ0n) is 16.5. The number of hydrogen-bond acceptors (Lipinski definition) is 6. The molecule has 0 aromatic heterocycles. The van der Waals surface area contributed by atoms with Crippen LogP contribution >= 0.6 is 11.6 Å². The van der Waals surface area contributed by atoms with Gasteiger partial charge in [-0.15, -0.1) is 5.10 Å². The molecule has 1 amide bonds. The maximum Gasteiger partial charge on any atom is 0.376 e. The number of fused-ring (bicyclic) bond motifs is 2. The van der Waals surface area contributed by atoms with E-state index in [0.29, 0.717) is 23.6 Å². The molecule has 154 valence electrons. The van der Waals surface area contributed by atoms with Crippen molar-refractivity contribution in [1.82, 2.24) is 0 Å². The van der Waals surface area contributed by atoms with Gasteiger partial charge in [0.05, 0.1) is 29.6 Å². The number of nitrogens with one attached hydrogen (secondary N) is 1. The van der Waals surface area contributed by atoms with E-state index in [1.807, 2.05) is 46.3 Å². The minimum atomic E-state index is -0.827. The molecular weight excluding hydrogens is 404 g/mol. The van der Waals surface area contributed by atoms with Gasteiger partial charge in [0.25, 0.3) is 0 Å². The molecule has 0 bridgehead atoms. The second-order valence-corrected chi connectivity index (χ2v) is 8.03. The van der Waals surface area contributed by atoms with Gasteiger partial charge < -0.3 is 10.1 Å². The number of esters is 1. The highest BCUT2D eigenvalue weighted by molar-refractivity contribution is 6.43. The number of anilines is 3. The molecule has 2 heterocycles. The van der Waals surface area contributed by atoms with Crippen LogP contribution in [0.1, 0.15) is 26.2 Å². The summed E-state index contributed by atoms with van der Waals surface area (Å²) in [5.74, 6) is -0.774. The standard InChI is InChI=1S/C22H21ClN4O3/c1-2-30-21(29)19-25-27(15-11-9-14(23)10-12-15)22-13-5-6-16(22)20(28)24-17-7-3-4-8-18(17)26(19)22/h3-4,7-12,16H,2,5-6,13H2,1H3,(H,24,28). The Morgan fingerprint density at radius 1 is 1.27 bits per heavy atom. The van der Waals surface area contributed by atoms with Crippen LogP contribution in [0, 0.1) is 5.92 Å². The Labute approximate surface area is 179 Å². The summed E-state index contributed by atoms with van der Waals surface area (Å²) in [5, 5.41) is 10.2. The van der Waals surface area contributed by atoms with E-state index >= 15 is 0 Å². The van der Waals surface area contributed by atoms with Gasteiger partial charge in [-0.1, -0.05) is 23.7 Å². The fourth-order valence-corrected chi connectivity index (χ4v) is 4.97. The smallest absolute Gasteiger partial charge is 0.376 e. The lowest BCUT2D eigenvalue weighted by atomic mass is 9.92. The Morgan fingerprint density at radius 3 is 2.80 bits per heavy atom. The zero-order valence-corrected chi connectivity index (χ0v) is 17.2. The molecule has 2 aliphatic heterocycles. The average molecular weight is 425 g/mol. The van der Waals surface area contributed by atoms with E-state index in [1.54, 1.807) is 19.1 Å². The predicted molar refractivity (Wildman–Crippen MR) is 116 cm³/mol. The molecular formula is C22H21ClN4O3. The van der Waals surface area contributed by atoms with Crippen LogP contribution in [0.15, 0.2) is 53.6 Å². The van der Waals surface area contributed by atoms with Crippen molar-refractivity contribution < 1.29 is 14.3 Å². The van der Waals surface area contributed by atoms with Crippen LogP contribution in [0.2, 0.25) is 5.02 Å². The third-order valence-electron chi connectivity index (χ3n) is 6.00. The number of ether oxygens (including phenoxy) is 1. The van der Waals surface area contributed by atoms with Crippen molar-refractivity contribution in [2.45, 2.75) is 31.8 Å². The van der Waals surface area contributed by atoms with Crippen molar-refractivity contribution in [1.29, 1.82) is 0 Å². The van der Waals surface area contributed by atoms with Crippen molar-refractivity contribution in [3.05, 3.63) is 53.6 Å². The number of para-hydroxylation sites is 2. The Kier molecular flexibility index (Phi) is 4.43. The minimum absolute atomic E-state index is 0.0678. The summed E-state index contributed by atoms with van der Waals surface area (Å²) in [6.07, 6.45) is 2.22. The first-order chi connectivity index (χ1) is 14.6. The van der Waals surface area contributed by atoms with E-state index in [4.69, 9.17) is 21.4 Å². The molecule has 1 N–H and O–H groups in total. The lowest BCUT2D eigenvalue weighted by molar-refractivity contribution is -0.135. The van der Waals surface area contributed by atoms with E-state index in [9.17, 15) is 9.59 Å². The minimum Gasteiger partial charge on any atom is -0.460 e. The highest BCUT2D eigenvalue weighted by atomic mass is 35.5. The van der Waals surface area contributed by atoms with Crippen LogP contribution in [-0.4, -0.2) is 30.0 Å². The van der Waals surface area contributed by atoms with Crippen LogP contribution in [0.4, 0.5) is 17.1 Å². The largest absolute Gasteiger partial charge is 0.460 e. The maximum atomic E-state index is 13.3. The van der Waals surface area contributed by atoms with Gasteiger partial charge in [0.1, 0.15) is 0 Å². The molecule has 2 unspecified atom stereocenters. The first-order valence-electron chi connectivity index (χ1n) is 10.1. The Balaban J connectivity index is 1.76. The number of hydrogen-bond donors (Lipinski definition) is 1. The molecule has 2 aromatic rings. The van der Waals surface area contributed by atoms with Crippen LogP contribution < -0.4 is 15.2 Å². The van der Waals surface area contributed by atoms with Crippen LogP contribution in [-0.2, 0) is 14.3 Å². The fourth-order valence-electron chi connectivity index (χ4n) is 4.85. The van der Waals surface area contributed by atoms with Gasteiger partial charge in [0, 0.05) is 5.02 Å². The van der Waals surface area contributed by atoms with E-state index in [1.165, 1.54) is 0 Å². The normalized spacial score (nSPS) is 24.4. The summed E-state index contributed by atoms with van der Waals surface area (Å²) >= 11 is 6.10. The first-order valence-corrected chi connectivity index (χ1v) is 10.5. The number of carbonyl (C=O) groups is 2. The number of nitrogens with zero attached hydrogens (tertiary/aromatic N) is 3. The van der Waals surface area contributed by atoms with Gasteiger partial charge in [-0.25, -0.2) is 9.80 Å². The van der Waals surface area contributed by atoms with Gasteiger partial charge in [-0.05, 0) is 62.6 Å². The molecule has 1 fully saturated rings. The summed E-state index contributed by atoms with van der Waals surface area (Å²) in [4.78, 5) is 28.2. The molecule has 3 aliphatic rings. The summed E-state index contributed by atoms with van der Waals surface area (Å²) in [6.45, 7) is 2.00. The number of amides is 1. The summed E-state index contributed by atoms with van der Waals surface area (Å²) in [7, 11) is 0. The third-order valence-corrected chi connectivity index (χ3v) is 6.26. The maximum absolute atomic E-state index is 13.3. The topological polar surface area (TPSA) is 74.2 Å². The summed E-state index contributed by atoms with van der Waals surface area (Å²) < 4.78 is 5.34. The van der Waals surface area contributed by atoms with Crippen molar-refractivity contribution in [3.8, 4) is 0 Å². The molecule has 1 saturated carbocycles. The van der Waals surface area contributed by atoms with E-state index < -0.39 is 11.6 Å². The number of amidine groups is 1. The lowest BCUT2D eigenvalue weighted by Crippen LogP contribution is -2.61. The summed E-state index contributed by atoms with van der Waals surface area (Å²) in [6, 6.07) is 14.8. The first kappa shape index (κ1) is 18.9. The molecule has 7 nitrogen and oxygen atoms in total. The van der Waals surface area contributed by atoms with Gasteiger partial charge in [0.2, 0.25) is 11.7 Å². The molecule has 0 radical (unpaired) electrons. The van der Waals surface area contributed by atoms with Gasteiger partial charge >= 0.3 is 5.97 Å². The van der Waals surface area contributed by atoms with E-state index in [2.05, 4.69) is 5.32 Å². The molecule has 2 aromatic carbocycles. The number of halogens is 1. The quantitative estimate of drug-likeness (QED) is 0.754. The van der Waals surface area contributed by atoms with Crippen molar-refractivity contribution in [2.75, 3.05) is 21.8 Å². The highest BCUT2D eigenvalue weighted by Gasteiger charge is 2.62. The Bertz CT molecular complexity index is 1050. The number of hydrazone groups is 1. The lowest BCUT2D eigenvalue weighted by Gasteiger charge is -2.43. The van der Waals surface area contributed by atoms with Gasteiger partial charge in [-0.2, -0.15) is 0 Å². The molecule has 0 saturated heterocycles. The molecule has 30 heavy (non-hydrogen) atoms. The third kappa shape index (κ3) is 2.61. The van der Waals surface area contributed by atoms with Crippen molar-refractivity contribution in [2.24, 2.45) is 11.0 Å². The fraction of sp³-hybridized carbons (Fsp3) is 0.318. The zero-order chi connectivity index (χ0) is 20.9. The van der Waals surface area contributed by atoms with E-state index in [0.717, 1.165) is 17.8 Å². The monoisotopic (exact) mass is 424 g/mol. The van der Waals surface area contributed by atoms with E-state index in [-0.39, 0.29) is 24.3 Å². The Morgan fingerprint density at radius 2 is 2.03 bits per heavy atom. The van der Waals surface area contributed by atoms with Gasteiger partial charge in [-0.3, -0.25) is 9.69 Å². The Hall–Kier alpha value is -3.06. The van der Waals surface area contributed by atoms with Crippen LogP contribution in [0.25, 0.3) is 0 Å². The molecule has 1 spiro atoms. The summed E-state index contributed by atoms with van der Waals surface area (Å²) in [5.41, 5.74) is 1.33. The predicted octanol–water partition coefficient (Wildman–Crippen LogP) is 3.99. The second-order valence-electron chi connectivity index (χ2n) is 7.60. The van der Waals surface area contributed by atoms with Crippen molar-refractivity contribution in [3.63, 3.8) is 0 Å². The number of carbonyl (C=O) groups excluding carboxylic acids is 2. The highest BCUT2D eigenvalue weighted by Crippen LogP contribution is 2.53. The van der Waals surface area contributed by atoms with Gasteiger partial charge in [0.15, 0.2) is 5.66 Å². The molecule has 2 atom stereocenters. The van der Waals surface area contributed by atoms with Crippen LogP contribution in [0.3, 0.4) is 0 Å². The number of rotatable bonds is 3. The van der Waals surface area contributed by atoms with Crippen LogP contribution in [0.5, 0.6) is 0 Å². The van der Waals surface area contributed by atoms with Crippen molar-refractivity contribution >= 4 is 46.4 Å². The SMILES string of the molecule is CCOC(=O)C1=NN(c2ccc(Cl)cc2)C23CCCC2C(=O)Nc2ccccc2N13. The number of benzene rings is 2. The average Bonchev–Trinajstić information content (AvgIpc) is 3.30. The molecule has 1 aliphatic carbocycles. The molecule has 8 heteroatoms.